The second-order valence-corrected chi connectivity index (χ2v) is 4.79. The van der Waals surface area contributed by atoms with Crippen LogP contribution in [-0.2, 0) is 16.1 Å². The van der Waals surface area contributed by atoms with Crippen molar-refractivity contribution in [3.05, 3.63) is 18.2 Å². The summed E-state index contributed by atoms with van der Waals surface area (Å²) >= 11 is 0. The van der Waals surface area contributed by atoms with Gasteiger partial charge >= 0.3 is 0 Å². The lowest BCUT2D eigenvalue weighted by molar-refractivity contribution is -0.129. The molecule has 0 saturated carbocycles. The standard InChI is InChI=1S/C13H23N5O3/c1-16(2)12(19)9-18(6-7-21-3)13(20)11-8-17(5-4-14)10-15-11/h8,10H,4-7,9,14H2,1-3H3. The van der Waals surface area contributed by atoms with E-state index in [2.05, 4.69) is 4.98 Å². The predicted octanol–water partition coefficient (Wildman–Crippen LogP) is -0.981. The molecule has 1 aromatic heterocycles. The number of amides is 2. The van der Waals surface area contributed by atoms with Crippen LogP contribution in [-0.4, -0.2) is 78.6 Å². The lowest BCUT2D eigenvalue weighted by Gasteiger charge is -2.22. The number of ether oxygens (including phenoxy) is 1. The van der Waals surface area contributed by atoms with Crippen LogP contribution in [0.3, 0.4) is 0 Å². The third kappa shape index (κ3) is 5.16. The number of hydrogen-bond donors (Lipinski definition) is 1. The SMILES string of the molecule is COCCN(CC(=O)N(C)C)C(=O)c1cn(CCN)cn1. The molecule has 0 aliphatic heterocycles. The summed E-state index contributed by atoms with van der Waals surface area (Å²) in [5, 5.41) is 0. The van der Waals surface area contributed by atoms with Gasteiger partial charge in [-0.05, 0) is 0 Å². The molecule has 0 radical (unpaired) electrons. The second-order valence-electron chi connectivity index (χ2n) is 4.79. The highest BCUT2D eigenvalue weighted by Gasteiger charge is 2.21. The number of imidazole rings is 1. The van der Waals surface area contributed by atoms with Gasteiger partial charge < -0.3 is 24.8 Å². The van der Waals surface area contributed by atoms with Crippen LogP contribution in [0.2, 0.25) is 0 Å². The van der Waals surface area contributed by atoms with E-state index in [9.17, 15) is 9.59 Å². The molecular formula is C13H23N5O3. The first-order valence-electron chi connectivity index (χ1n) is 6.69. The Morgan fingerprint density at radius 3 is 2.71 bits per heavy atom. The van der Waals surface area contributed by atoms with Gasteiger partial charge in [0, 0.05) is 47.0 Å². The van der Waals surface area contributed by atoms with E-state index in [1.165, 1.54) is 9.80 Å². The average molecular weight is 297 g/mol. The van der Waals surface area contributed by atoms with Gasteiger partial charge in [0.1, 0.15) is 12.2 Å². The highest BCUT2D eigenvalue weighted by atomic mass is 16.5. The molecule has 2 amide bonds. The molecule has 8 heteroatoms. The van der Waals surface area contributed by atoms with E-state index in [-0.39, 0.29) is 18.4 Å². The summed E-state index contributed by atoms with van der Waals surface area (Å²) < 4.78 is 6.73. The molecule has 1 heterocycles. The van der Waals surface area contributed by atoms with Crippen molar-refractivity contribution in [1.29, 1.82) is 0 Å². The summed E-state index contributed by atoms with van der Waals surface area (Å²) in [5.74, 6) is -0.445. The number of rotatable bonds is 8. The largest absolute Gasteiger partial charge is 0.383 e. The quantitative estimate of drug-likeness (QED) is 0.665. The smallest absolute Gasteiger partial charge is 0.274 e. The summed E-state index contributed by atoms with van der Waals surface area (Å²) in [7, 11) is 4.85. The minimum atomic E-state index is -0.293. The molecule has 0 unspecified atom stereocenters. The van der Waals surface area contributed by atoms with E-state index >= 15 is 0 Å². The molecule has 8 nitrogen and oxygen atoms in total. The number of nitrogens with zero attached hydrogens (tertiary/aromatic N) is 4. The molecule has 21 heavy (non-hydrogen) atoms. The highest BCUT2D eigenvalue weighted by Crippen LogP contribution is 2.03. The maximum absolute atomic E-state index is 12.4. The van der Waals surface area contributed by atoms with Crippen molar-refractivity contribution < 1.29 is 14.3 Å². The topological polar surface area (TPSA) is 93.7 Å². The van der Waals surface area contributed by atoms with Crippen molar-refractivity contribution >= 4 is 11.8 Å². The number of carbonyl (C=O) groups excluding carboxylic acids is 2. The first-order valence-corrected chi connectivity index (χ1v) is 6.69. The van der Waals surface area contributed by atoms with Crippen LogP contribution in [0.4, 0.5) is 0 Å². The van der Waals surface area contributed by atoms with Crippen LogP contribution < -0.4 is 5.73 Å². The zero-order valence-electron chi connectivity index (χ0n) is 12.8. The van der Waals surface area contributed by atoms with Gasteiger partial charge in [0.2, 0.25) is 5.91 Å². The van der Waals surface area contributed by atoms with Gasteiger partial charge in [0.15, 0.2) is 0 Å². The van der Waals surface area contributed by atoms with Crippen molar-refractivity contribution in [2.75, 3.05) is 47.4 Å². The second kappa shape index (κ2) is 8.38. The fourth-order valence-electron chi connectivity index (χ4n) is 1.66. The Balaban J connectivity index is 2.79. The Hall–Kier alpha value is -1.93. The number of carbonyl (C=O) groups is 2. The Kier molecular flexibility index (Phi) is 6.83. The molecule has 0 aliphatic rings. The fourth-order valence-corrected chi connectivity index (χ4v) is 1.66. The van der Waals surface area contributed by atoms with E-state index in [0.29, 0.717) is 31.9 Å². The number of methoxy groups -OCH3 is 1. The monoisotopic (exact) mass is 297 g/mol. The molecule has 0 bridgehead atoms. The summed E-state index contributed by atoms with van der Waals surface area (Å²) in [6.45, 7) is 1.75. The molecule has 0 aromatic carbocycles. The number of aromatic nitrogens is 2. The van der Waals surface area contributed by atoms with Gasteiger partial charge in [-0.2, -0.15) is 0 Å². The summed E-state index contributed by atoms with van der Waals surface area (Å²) in [6.07, 6.45) is 3.19. The maximum Gasteiger partial charge on any atom is 0.274 e. The van der Waals surface area contributed by atoms with Crippen LogP contribution in [0.1, 0.15) is 10.5 Å². The van der Waals surface area contributed by atoms with Gasteiger partial charge in [-0.1, -0.05) is 0 Å². The van der Waals surface area contributed by atoms with Gasteiger partial charge in [0.05, 0.1) is 12.9 Å². The molecule has 118 valence electrons. The molecule has 0 spiro atoms. The molecule has 1 rings (SSSR count). The Morgan fingerprint density at radius 2 is 2.14 bits per heavy atom. The fraction of sp³-hybridized carbons (Fsp3) is 0.615. The molecule has 0 atom stereocenters. The molecule has 0 saturated heterocycles. The lowest BCUT2D eigenvalue weighted by Crippen LogP contribution is -2.42. The maximum atomic E-state index is 12.4. The van der Waals surface area contributed by atoms with Gasteiger partial charge in [-0.15, -0.1) is 0 Å². The van der Waals surface area contributed by atoms with Crippen molar-refractivity contribution in [2.24, 2.45) is 5.73 Å². The molecular weight excluding hydrogens is 274 g/mol. The van der Waals surface area contributed by atoms with E-state index in [1.54, 1.807) is 38.3 Å². The summed E-state index contributed by atoms with van der Waals surface area (Å²) in [4.78, 5) is 31.2. The minimum Gasteiger partial charge on any atom is -0.383 e. The molecule has 0 aliphatic carbocycles. The van der Waals surface area contributed by atoms with Crippen molar-refractivity contribution in [3.63, 3.8) is 0 Å². The highest BCUT2D eigenvalue weighted by molar-refractivity contribution is 5.94. The third-order valence-electron chi connectivity index (χ3n) is 2.92. The van der Waals surface area contributed by atoms with Crippen LogP contribution in [0.25, 0.3) is 0 Å². The molecule has 0 fully saturated rings. The number of likely N-dealkylation sites (N-methyl/N-ethyl adjacent to an activating group) is 1. The van der Waals surface area contributed by atoms with Gasteiger partial charge in [-0.3, -0.25) is 9.59 Å². The van der Waals surface area contributed by atoms with E-state index in [1.807, 2.05) is 0 Å². The minimum absolute atomic E-state index is 0.00105. The van der Waals surface area contributed by atoms with Crippen LogP contribution in [0, 0.1) is 0 Å². The predicted molar refractivity (Wildman–Crippen MR) is 77.8 cm³/mol. The zero-order valence-corrected chi connectivity index (χ0v) is 12.8. The van der Waals surface area contributed by atoms with Crippen molar-refractivity contribution in [1.82, 2.24) is 19.4 Å². The average Bonchev–Trinajstić information content (AvgIpc) is 2.91. The van der Waals surface area contributed by atoms with Gasteiger partial charge in [0.25, 0.3) is 5.91 Å². The van der Waals surface area contributed by atoms with Crippen molar-refractivity contribution in [3.8, 4) is 0 Å². The van der Waals surface area contributed by atoms with Crippen LogP contribution >= 0.6 is 0 Å². The lowest BCUT2D eigenvalue weighted by atomic mass is 10.3. The number of hydrogen-bond acceptors (Lipinski definition) is 5. The molecule has 1 aromatic rings. The van der Waals surface area contributed by atoms with Crippen LogP contribution in [0.15, 0.2) is 12.5 Å². The third-order valence-corrected chi connectivity index (χ3v) is 2.92. The van der Waals surface area contributed by atoms with E-state index < -0.39 is 0 Å². The summed E-state index contributed by atoms with van der Waals surface area (Å²) in [6, 6.07) is 0. The Morgan fingerprint density at radius 1 is 1.43 bits per heavy atom. The van der Waals surface area contributed by atoms with E-state index in [0.717, 1.165) is 0 Å². The van der Waals surface area contributed by atoms with Crippen LogP contribution in [0.5, 0.6) is 0 Å². The van der Waals surface area contributed by atoms with E-state index in [4.69, 9.17) is 10.5 Å². The Bertz CT molecular complexity index is 472. The summed E-state index contributed by atoms with van der Waals surface area (Å²) in [5.41, 5.74) is 5.76. The Labute approximate surface area is 124 Å². The molecule has 2 N–H and O–H groups in total. The van der Waals surface area contributed by atoms with Gasteiger partial charge in [-0.25, -0.2) is 4.98 Å². The number of nitrogens with two attached hydrogens (primary N) is 1. The van der Waals surface area contributed by atoms with Crippen molar-refractivity contribution in [2.45, 2.75) is 6.54 Å². The first-order chi connectivity index (χ1) is 9.99. The first kappa shape index (κ1) is 17.1. The zero-order chi connectivity index (χ0) is 15.8. The normalized spacial score (nSPS) is 10.5.